The van der Waals surface area contributed by atoms with Gasteiger partial charge in [-0.3, -0.25) is 0 Å². The van der Waals surface area contributed by atoms with Crippen LogP contribution in [0.1, 0.15) is 0 Å². The molecule has 0 aliphatic heterocycles. The van der Waals surface area contributed by atoms with E-state index in [4.69, 9.17) is 8.23 Å². The number of hydrogen-bond acceptors (Lipinski definition) is 2. The van der Waals surface area contributed by atoms with Crippen LogP contribution >= 0.6 is 0 Å². The second-order valence-corrected chi connectivity index (χ2v) is 21.1. The molecule has 0 heterocycles. The van der Waals surface area contributed by atoms with E-state index in [0.717, 1.165) is 0 Å². The summed E-state index contributed by atoms with van der Waals surface area (Å²) in [6.07, 6.45) is 0. The third-order valence-corrected chi connectivity index (χ3v) is 17.5. The van der Waals surface area contributed by atoms with Gasteiger partial charge in [-0.1, -0.05) is 12.1 Å². The molecule has 0 aromatic rings. The molecule has 0 radical (unpaired) electrons. The Morgan fingerprint density at radius 1 is 0.706 bits per heavy atom. The summed E-state index contributed by atoms with van der Waals surface area (Å²) in [5.74, 6) is 0. The smallest absolute Gasteiger partial charge is 0.311 e. The number of hydrogen-bond donors (Lipinski definition) is 0. The Morgan fingerprint density at radius 2 is 1.00 bits per heavy atom. The van der Waals surface area contributed by atoms with Crippen molar-refractivity contribution in [2.45, 2.75) is 63.5 Å². The lowest BCUT2D eigenvalue weighted by Crippen LogP contribution is -2.52. The molecular formula is C10H32O2Si5. The van der Waals surface area contributed by atoms with E-state index in [1.54, 1.807) is 0 Å². The van der Waals surface area contributed by atoms with Crippen molar-refractivity contribution in [3.05, 3.63) is 0 Å². The van der Waals surface area contributed by atoms with Crippen molar-refractivity contribution in [1.82, 2.24) is 0 Å². The maximum Gasteiger partial charge on any atom is 0.311 e. The van der Waals surface area contributed by atoms with Crippen LogP contribution in [-0.2, 0) is 8.23 Å². The van der Waals surface area contributed by atoms with Crippen LogP contribution in [0.2, 0.25) is 63.5 Å². The monoisotopic (exact) mass is 324 g/mol. The minimum Gasteiger partial charge on any atom is -0.437 e. The van der Waals surface area contributed by atoms with Gasteiger partial charge in [0.05, 0.1) is 0 Å². The lowest BCUT2D eigenvalue weighted by molar-refractivity contribution is 0.390. The SMILES string of the molecule is C[Si](C)(CC[SiH3])O[Si](C)(C)O[Si](C)(C)CC[SiH3]. The van der Waals surface area contributed by atoms with Gasteiger partial charge in [0, 0.05) is 20.5 Å². The summed E-state index contributed by atoms with van der Waals surface area (Å²) in [6, 6.07) is 5.35. The summed E-state index contributed by atoms with van der Waals surface area (Å²) in [4.78, 5) is 0. The number of rotatable bonds is 8. The molecule has 104 valence electrons. The van der Waals surface area contributed by atoms with Gasteiger partial charge >= 0.3 is 8.56 Å². The lowest BCUT2D eigenvalue weighted by Gasteiger charge is -2.38. The summed E-state index contributed by atoms with van der Waals surface area (Å²) in [5.41, 5.74) is 0. The van der Waals surface area contributed by atoms with Gasteiger partial charge < -0.3 is 8.23 Å². The van der Waals surface area contributed by atoms with Gasteiger partial charge in [0.1, 0.15) is 0 Å². The van der Waals surface area contributed by atoms with Crippen LogP contribution in [0.25, 0.3) is 0 Å². The average molecular weight is 325 g/mol. The molecular weight excluding hydrogens is 293 g/mol. The fraction of sp³-hybridized carbons (Fsp3) is 1.00. The zero-order chi connectivity index (χ0) is 13.7. The van der Waals surface area contributed by atoms with E-state index in [1.807, 2.05) is 0 Å². The van der Waals surface area contributed by atoms with Crippen LogP contribution < -0.4 is 0 Å². The van der Waals surface area contributed by atoms with Gasteiger partial charge in [-0.25, -0.2) is 0 Å². The zero-order valence-electron chi connectivity index (χ0n) is 13.1. The Morgan fingerprint density at radius 3 is 1.24 bits per heavy atom. The van der Waals surface area contributed by atoms with E-state index in [2.05, 4.69) is 39.3 Å². The molecule has 0 unspecified atom stereocenters. The summed E-state index contributed by atoms with van der Waals surface area (Å²) in [7, 11) is -2.22. The quantitative estimate of drug-likeness (QED) is 0.633. The minimum absolute atomic E-state index is 1.30. The highest BCUT2D eigenvalue weighted by atomic mass is 28.5. The molecule has 0 saturated heterocycles. The molecule has 17 heavy (non-hydrogen) atoms. The molecule has 0 saturated carbocycles. The first-order valence-corrected chi connectivity index (χ1v) is 18.8. The standard InChI is InChI=1S/C10H32O2Si5/c1-15(2,9-7-13)11-17(5,6)12-16(3,4)10-8-14/h7-10H2,1-6,13-14H3. The maximum atomic E-state index is 6.47. The first kappa shape index (κ1) is 18.0. The van der Waals surface area contributed by atoms with Crippen LogP contribution in [0.3, 0.4) is 0 Å². The highest BCUT2D eigenvalue weighted by molar-refractivity contribution is 6.88. The predicted octanol–water partition coefficient (Wildman–Crippen LogP) is 1.70. The van der Waals surface area contributed by atoms with Crippen molar-refractivity contribution in [3.63, 3.8) is 0 Å². The van der Waals surface area contributed by atoms with Crippen molar-refractivity contribution in [2.75, 3.05) is 0 Å². The summed E-state index contributed by atoms with van der Waals surface area (Å²) >= 11 is 0. The third-order valence-electron chi connectivity index (χ3n) is 2.75. The molecule has 0 fully saturated rings. The van der Waals surface area contributed by atoms with Crippen LogP contribution in [0, 0.1) is 0 Å². The van der Waals surface area contributed by atoms with E-state index in [0.29, 0.717) is 0 Å². The second kappa shape index (κ2) is 6.97. The van der Waals surface area contributed by atoms with Gasteiger partial charge in [-0.05, 0) is 51.4 Å². The molecule has 0 aromatic carbocycles. The highest BCUT2D eigenvalue weighted by Crippen LogP contribution is 2.25. The Bertz CT molecular complexity index is 209. The largest absolute Gasteiger partial charge is 0.437 e. The molecule has 0 N–H and O–H groups in total. The molecule has 2 nitrogen and oxygen atoms in total. The molecule has 7 heteroatoms. The van der Waals surface area contributed by atoms with E-state index >= 15 is 0 Å². The van der Waals surface area contributed by atoms with E-state index < -0.39 is 25.2 Å². The average Bonchev–Trinajstić information content (AvgIpc) is 1.96. The summed E-state index contributed by atoms with van der Waals surface area (Å²) < 4.78 is 12.9. The van der Waals surface area contributed by atoms with E-state index in [9.17, 15) is 0 Å². The van der Waals surface area contributed by atoms with Crippen LogP contribution in [-0.4, -0.2) is 45.7 Å². The molecule has 0 rings (SSSR count). The molecule has 0 bridgehead atoms. The first-order chi connectivity index (χ1) is 7.54. The van der Waals surface area contributed by atoms with E-state index in [1.165, 1.54) is 44.7 Å². The molecule has 0 atom stereocenters. The minimum atomic E-state index is -1.89. The molecule has 0 spiro atoms. The fourth-order valence-corrected chi connectivity index (χ4v) is 24.3. The zero-order valence-corrected chi connectivity index (χ0v) is 20.1. The third kappa shape index (κ3) is 8.68. The Kier molecular flexibility index (Phi) is 7.38. The Hall–Kier alpha value is 1.00. The van der Waals surface area contributed by atoms with Gasteiger partial charge in [0.25, 0.3) is 0 Å². The van der Waals surface area contributed by atoms with E-state index in [-0.39, 0.29) is 0 Å². The lowest BCUT2D eigenvalue weighted by atomic mass is 10.9. The highest BCUT2D eigenvalue weighted by Gasteiger charge is 2.38. The molecule has 0 amide bonds. The predicted molar refractivity (Wildman–Crippen MR) is 93.7 cm³/mol. The second-order valence-electron chi connectivity index (χ2n) is 6.62. The normalized spacial score (nSPS) is 14.5. The maximum absolute atomic E-state index is 6.47. The topological polar surface area (TPSA) is 18.5 Å². The summed E-state index contributed by atoms with van der Waals surface area (Å²) in [5, 5.41) is 0. The van der Waals surface area contributed by atoms with Gasteiger partial charge in [0.2, 0.25) is 0 Å². The van der Waals surface area contributed by atoms with Crippen molar-refractivity contribution >= 4 is 45.7 Å². The van der Waals surface area contributed by atoms with Crippen molar-refractivity contribution in [3.8, 4) is 0 Å². The van der Waals surface area contributed by atoms with Crippen molar-refractivity contribution in [1.29, 1.82) is 0 Å². The summed E-state index contributed by atoms with van der Waals surface area (Å²) in [6.45, 7) is 13.9. The van der Waals surface area contributed by atoms with Gasteiger partial charge in [-0.15, -0.1) is 0 Å². The Labute approximate surface area is 117 Å². The first-order valence-electron chi connectivity index (χ1n) is 6.94. The Balaban J connectivity index is 4.47. The van der Waals surface area contributed by atoms with Crippen molar-refractivity contribution in [2.24, 2.45) is 0 Å². The van der Waals surface area contributed by atoms with Gasteiger partial charge in [0.15, 0.2) is 16.6 Å². The van der Waals surface area contributed by atoms with Crippen molar-refractivity contribution < 1.29 is 8.23 Å². The van der Waals surface area contributed by atoms with Crippen LogP contribution in [0.5, 0.6) is 0 Å². The molecule has 0 aliphatic rings. The molecule has 0 aliphatic carbocycles. The molecule has 0 aromatic heterocycles. The van der Waals surface area contributed by atoms with Gasteiger partial charge in [-0.2, -0.15) is 0 Å². The van der Waals surface area contributed by atoms with Crippen LogP contribution in [0.4, 0.5) is 0 Å². The fourth-order valence-electron chi connectivity index (χ4n) is 2.66. The van der Waals surface area contributed by atoms with Crippen LogP contribution in [0.15, 0.2) is 0 Å².